The number of hydrogen-bond acceptors (Lipinski definition) is 4. The highest BCUT2D eigenvalue weighted by atomic mass is 16.2. The summed E-state index contributed by atoms with van der Waals surface area (Å²) < 4.78 is 1.77. The van der Waals surface area contributed by atoms with E-state index in [1.54, 1.807) is 4.52 Å². The van der Waals surface area contributed by atoms with Crippen LogP contribution in [-0.4, -0.2) is 43.0 Å². The van der Waals surface area contributed by atoms with Crippen LogP contribution in [0.25, 0.3) is 17.2 Å². The molecule has 1 amide bonds. The van der Waals surface area contributed by atoms with E-state index in [1.165, 1.54) is 12.0 Å². The maximum Gasteiger partial charge on any atom is 0.253 e. The summed E-state index contributed by atoms with van der Waals surface area (Å²) in [5, 5.41) is 4.67. The quantitative estimate of drug-likeness (QED) is 0.699. The van der Waals surface area contributed by atoms with Crippen molar-refractivity contribution in [2.75, 3.05) is 6.54 Å². The van der Waals surface area contributed by atoms with E-state index in [1.807, 2.05) is 30.9 Å². The number of nitrogens with zero attached hydrogens (tertiary/aromatic N) is 5. The molecule has 0 radical (unpaired) electrons. The SMILES string of the molecule is Cc1ccc(-c2nc3nc(C)c(CC(=O)N4CCCCC4C)c(C)n3n2)cc1. The molecule has 0 spiro atoms. The van der Waals surface area contributed by atoms with Gasteiger partial charge in [-0.1, -0.05) is 29.8 Å². The van der Waals surface area contributed by atoms with Crippen LogP contribution >= 0.6 is 0 Å². The first kappa shape index (κ1) is 18.6. The van der Waals surface area contributed by atoms with Crippen molar-refractivity contribution in [1.29, 1.82) is 0 Å². The molecule has 1 aliphatic rings. The summed E-state index contributed by atoms with van der Waals surface area (Å²) in [6.07, 6.45) is 3.75. The molecule has 1 fully saturated rings. The first-order valence-electron chi connectivity index (χ1n) is 10.0. The summed E-state index contributed by atoms with van der Waals surface area (Å²) in [7, 11) is 0. The lowest BCUT2D eigenvalue weighted by Crippen LogP contribution is -2.43. The van der Waals surface area contributed by atoms with Crippen LogP contribution in [0.1, 0.15) is 48.7 Å². The number of fused-ring (bicyclic) bond motifs is 1. The smallest absolute Gasteiger partial charge is 0.253 e. The lowest BCUT2D eigenvalue weighted by Gasteiger charge is -2.33. The Kier molecular flexibility index (Phi) is 4.87. The van der Waals surface area contributed by atoms with Crippen molar-refractivity contribution >= 4 is 11.7 Å². The monoisotopic (exact) mass is 377 g/mol. The van der Waals surface area contributed by atoms with Gasteiger partial charge in [0.1, 0.15) is 0 Å². The highest BCUT2D eigenvalue weighted by Gasteiger charge is 2.25. The summed E-state index contributed by atoms with van der Waals surface area (Å²) in [6, 6.07) is 8.47. The summed E-state index contributed by atoms with van der Waals surface area (Å²) in [4.78, 5) is 24.2. The number of benzene rings is 1. The van der Waals surface area contributed by atoms with Gasteiger partial charge in [-0.15, -0.1) is 5.10 Å². The molecule has 4 rings (SSSR count). The summed E-state index contributed by atoms with van der Waals surface area (Å²) in [5.41, 5.74) is 4.91. The van der Waals surface area contributed by atoms with Crippen LogP contribution in [0.5, 0.6) is 0 Å². The zero-order valence-electron chi connectivity index (χ0n) is 17.1. The van der Waals surface area contributed by atoms with Crippen molar-refractivity contribution in [3.05, 3.63) is 46.8 Å². The Balaban J connectivity index is 1.67. The van der Waals surface area contributed by atoms with Crippen LogP contribution < -0.4 is 0 Å². The van der Waals surface area contributed by atoms with Crippen molar-refractivity contribution in [2.24, 2.45) is 0 Å². The summed E-state index contributed by atoms with van der Waals surface area (Å²) >= 11 is 0. The fraction of sp³-hybridized carbons (Fsp3) is 0.455. The lowest BCUT2D eigenvalue weighted by molar-refractivity contribution is -0.133. The number of amides is 1. The Morgan fingerprint density at radius 3 is 2.57 bits per heavy atom. The number of aromatic nitrogens is 4. The Morgan fingerprint density at radius 1 is 1.11 bits per heavy atom. The number of carbonyl (C=O) groups is 1. The van der Waals surface area contributed by atoms with E-state index >= 15 is 0 Å². The number of hydrogen-bond donors (Lipinski definition) is 0. The molecule has 2 aromatic heterocycles. The normalized spacial score (nSPS) is 17.3. The molecule has 1 unspecified atom stereocenters. The maximum absolute atomic E-state index is 12.9. The van der Waals surface area contributed by atoms with Crippen LogP contribution in [-0.2, 0) is 11.2 Å². The Bertz CT molecular complexity index is 1020. The number of piperidine rings is 1. The van der Waals surface area contributed by atoms with E-state index in [4.69, 9.17) is 0 Å². The Labute approximate surface area is 165 Å². The molecule has 1 atom stereocenters. The maximum atomic E-state index is 12.9. The molecular weight excluding hydrogens is 350 g/mol. The third-order valence-corrected chi connectivity index (χ3v) is 5.81. The van der Waals surface area contributed by atoms with Gasteiger partial charge in [-0.2, -0.15) is 4.98 Å². The predicted molar refractivity (Wildman–Crippen MR) is 109 cm³/mol. The van der Waals surface area contributed by atoms with E-state index in [0.29, 0.717) is 24.1 Å². The van der Waals surface area contributed by atoms with E-state index in [-0.39, 0.29) is 5.91 Å². The Hall–Kier alpha value is -2.76. The second kappa shape index (κ2) is 7.34. The standard InChI is InChI=1S/C22H27N5O/c1-14-8-10-18(11-9-14)21-24-22-23-16(3)19(17(4)27(22)25-21)13-20(28)26-12-6-5-7-15(26)2/h8-11,15H,5-7,12-13H2,1-4H3. The van der Waals surface area contributed by atoms with E-state index in [2.05, 4.69) is 41.0 Å². The fourth-order valence-corrected chi connectivity index (χ4v) is 4.01. The predicted octanol–water partition coefficient (Wildman–Crippen LogP) is 3.66. The minimum atomic E-state index is 0.179. The number of aryl methyl sites for hydroxylation is 3. The molecule has 0 aliphatic carbocycles. The zero-order chi connectivity index (χ0) is 19.8. The minimum Gasteiger partial charge on any atom is -0.340 e. The third kappa shape index (κ3) is 3.39. The van der Waals surface area contributed by atoms with Gasteiger partial charge in [-0.3, -0.25) is 4.79 Å². The molecular formula is C22H27N5O. The molecule has 3 aromatic rings. The van der Waals surface area contributed by atoms with Gasteiger partial charge in [0.25, 0.3) is 5.78 Å². The van der Waals surface area contributed by atoms with Crippen molar-refractivity contribution < 1.29 is 4.79 Å². The zero-order valence-corrected chi connectivity index (χ0v) is 17.1. The molecule has 146 valence electrons. The average Bonchev–Trinajstić information content (AvgIpc) is 3.10. The van der Waals surface area contributed by atoms with Crippen molar-refractivity contribution in [1.82, 2.24) is 24.5 Å². The van der Waals surface area contributed by atoms with Gasteiger partial charge in [-0.25, -0.2) is 9.50 Å². The first-order chi connectivity index (χ1) is 13.4. The molecule has 28 heavy (non-hydrogen) atoms. The number of likely N-dealkylation sites (tertiary alicyclic amines) is 1. The summed E-state index contributed by atoms with van der Waals surface area (Å²) in [6.45, 7) is 9.01. The second-order valence-corrected chi connectivity index (χ2v) is 7.88. The molecule has 0 N–H and O–H groups in total. The van der Waals surface area contributed by atoms with E-state index in [0.717, 1.165) is 41.9 Å². The van der Waals surface area contributed by atoms with Gasteiger partial charge in [0.2, 0.25) is 5.91 Å². The average molecular weight is 377 g/mol. The molecule has 0 bridgehead atoms. The highest BCUT2D eigenvalue weighted by Crippen LogP contribution is 2.22. The van der Waals surface area contributed by atoms with Gasteiger partial charge < -0.3 is 4.90 Å². The van der Waals surface area contributed by atoms with Gasteiger partial charge in [-0.05, 0) is 47.0 Å². The van der Waals surface area contributed by atoms with E-state index in [9.17, 15) is 4.79 Å². The molecule has 0 saturated carbocycles. The lowest BCUT2D eigenvalue weighted by atomic mass is 10.0. The second-order valence-electron chi connectivity index (χ2n) is 7.88. The summed E-state index contributed by atoms with van der Waals surface area (Å²) in [5.74, 6) is 1.41. The van der Waals surface area contributed by atoms with Gasteiger partial charge >= 0.3 is 0 Å². The van der Waals surface area contributed by atoms with Crippen molar-refractivity contribution in [3.63, 3.8) is 0 Å². The third-order valence-electron chi connectivity index (χ3n) is 5.81. The minimum absolute atomic E-state index is 0.179. The largest absolute Gasteiger partial charge is 0.340 e. The topological polar surface area (TPSA) is 63.4 Å². The molecule has 1 saturated heterocycles. The van der Waals surface area contributed by atoms with Gasteiger partial charge in [0, 0.05) is 35.1 Å². The van der Waals surface area contributed by atoms with Crippen LogP contribution in [0.15, 0.2) is 24.3 Å². The Morgan fingerprint density at radius 2 is 1.86 bits per heavy atom. The molecule has 6 heteroatoms. The van der Waals surface area contributed by atoms with Crippen molar-refractivity contribution in [3.8, 4) is 11.4 Å². The first-order valence-corrected chi connectivity index (χ1v) is 10.0. The molecule has 1 aliphatic heterocycles. The number of rotatable bonds is 3. The molecule has 1 aromatic carbocycles. The van der Waals surface area contributed by atoms with Crippen LogP contribution in [0.3, 0.4) is 0 Å². The van der Waals surface area contributed by atoms with Crippen LogP contribution in [0.4, 0.5) is 0 Å². The molecule has 3 heterocycles. The fourth-order valence-electron chi connectivity index (χ4n) is 4.01. The van der Waals surface area contributed by atoms with Crippen molar-refractivity contribution in [2.45, 2.75) is 59.4 Å². The number of carbonyl (C=O) groups excluding carboxylic acids is 1. The van der Waals surface area contributed by atoms with Gasteiger partial charge in [0.15, 0.2) is 5.82 Å². The highest BCUT2D eigenvalue weighted by molar-refractivity contribution is 5.79. The van der Waals surface area contributed by atoms with E-state index < -0.39 is 0 Å². The molecule has 6 nitrogen and oxygen atoms in total. The van der Waals surface area contributed by atoms with Crippen LogP contribution in [0.2, 0.25) is 0 Å². The van der Waals surface area contributed by atoms with Crippen LogP contribution in [0, 0.1) is 20.8 Å². The van der Waals surface area contributed by atoms with Gasteiger partial charge in [0.05, 0.1) is 6.42 Å².